The van der Waals surface area contributed by atoms with Gasteiger partial charge < -0.3 is 0 Å². The number of piperazine rings is 1. The van der Waals surface area contributed by atoms with Crippen molar-refractivity contribution in [2.24, 2.45) is 0 Å². The van der Waals surface area contributed by atoms with Gasteiger partial charge in [-0.25, -0.2) is 0 Å². The first kappa shape index (κ1) is 11.7. The summed E-state index contributed by atoms with van der Waals surface area (Å²) in [6.07, 6.45) is 2.51. The van der Waals surface area contributed by atoms with Crippen molar-refractivity contribution in [2.45, 2.75) is 31.5 Å². The van der Waals surface area contributed by atoms with Gasteiger partial charge in [-0.15, -0.1) is 0 Å². The lowest BCUT2D eigenvalue weighted by Crippen LogP contribution is -2.60. The summed E-state index contributed by atoms with van der Waals surface area (Å²) < 4.78 is 0. The largest absolute Gasteiger partial charge is 0.299 e. The van der Waals surface area contributed by atoms with Crippen molar-refractivity contribution >= 4 is 0 Å². The number of hydrogen-bond donors (Lipinski definition) is 0. The minimum Gasteiger partial charge on any atom is -0.299 e. The molecule has 2 aliphatic rings. The Bertz CT molecular complexity index is 437. The molecule has 0 aromatic heterocycles. The van der Waals surface area contributed by atoms with E-state index in [9.17, 15) is 5.26 Å². The highest BCUT2D eigenvalue weighted by Crippen LogP contribution is 2.25. The monoisotopic (exact) mass is 241 g/mol. The lowest BCUT2D eigenvalue weighted by Gasteiger charge is -2.47. The highest BCUT2D eigenvalue weighted by molar-refractivity contribution is 5.16. The normalized spacial score (nSPS) is 31.8. The third kappa shape index (κ3) is 2.27. The van der Waals surface area contributed by atoms with Gasteiger partial charge in [0.2, 0.25) is 0 Å². The van der Waals surface area contributed by atoms with E-state index in [2.05, 4.69) is 40.1 Å². The maximum absolute atomic E-state index is 9.38. The van der Waals surface area contributed by atoms with Crippen LogP contribution in [0.4, 0.5) is 0 Å². The maximum atomic E-state index is 9.38. The summed E-state index contributed by atoms with van der Waals surface area (Å²) in [4.78, 5) is 4.86. The number of piperidine rings is 1. The molecule has 2 aliphatic heterocycles. The Kier molecular flexibility index (Phi) is 3.31. The minimum absolute atomic E-state index is 0.0595. The third-order valence-electron chi connectivity index (χ3n) is 4.14. The van der Waals surface area contributed by atoms with Gasteiger partial charge in [-0.05, 0) is 24.9 Å². The fourth-order valence-electron chi connectivity index (χ4n) is 3.22. The van der Waals surface area contributed by atoms with Crippen molar-refractivity contribution < 1.29 is 0 Å². The molecular formula is C15H19N3. The number of nitrogens with zero attached hydrogens (tertiary/aromatic N) is 3. The van der Waals surface area contributed by atoms with Crippen molar-refractivity contribution in [2.75, 3.05) is 19.6 Å². The van der Waals surface area contributed by atoms with Gasteiger partial charge in [0.1, 0.15) is 6.04 Å². The van der Waals surface area contributed by atoms with E-state index < -0.39 is 0 Å². The Hall–Kier alpha value is -1.37. The van der Waals surface area contributed by atoms with E-state index in [4.69, 9.17) is 0 Å². The predicted octanol–water partition coefficient (Wildman–Crippen LogP) is 1.86. The molecule has 2 saturated heterocycles. The molecule has 3 atom stereocenters. The number of hydrogen-bond acceptors (Lipinski definition) is 3. The summed E-state index contributed by atoms with van der Waals surface area (Å²) in [6, 6.07) is 13.6. The second-order valence-electron chi connectivity index (χ2n) is 5.36. The molecule has 3 rings (SSSR count). The fourth-order valence-corrected chi connectivity index (χ4v) is 3.22. The zero-order chi connectivity index (χ0) is 12.4. The molecule has 3 unspecified atom stereocenters. The smallest absolute Gasteiger partial charge is 0.111 e. The van der Waals surface area contributed by atoms with Crippen LogP contribution in [0.5, 0.6) is 0 Å². The lowest BCUT2D eigenvalue weighted by molar-refractivity contribution is 0.00931. The first-order chi connectivity index (χ1) is 8.86. The second-order valence-corrected chi connectivity index (χ2v) is 5.36. The van der Waals surface area contributed by atoms with E-state index in [1.807, 2.05) is 6.07 Å². The predicted molar refractivity (Wildman–Crippen MR) is 70.8 cm³/mol. The molecule has 2 heterocycles. The average Bonchev–Trinajstić information content (AvgIpc) is 2.43. The zero-order valence-electron chi connectivity index (χ0n) is 10.6. The van der Waals surface area contributed by atoms with Crippen LogP contribution < -0.4 is 0 Å². The van der Waals surface area contributed by atoms with Gasteiger partial charge in [0.25, 0.3) is 0 Å². The van der Waals surface area contributed by atoms with Crippen molar-refractivity contribution in [3.05, 3.63) is 35.9 Å². The third-order valence-corrected chi connectivity index (χ3v) is 4.14. The quantitative estimate of drug-likeness (QED) is 0.791. The Morgan fingerprint density at radius 2 is 2.06 bits per heavy atom. The summed E-state index contributed by atoms with van der Waals surface area (Å²) in [5, 5.41) is 9.38. The summed E-state index contributed by atoms with van der Waals surface area (Å²) in [6.45, 7) is 4.15. The van der Waals surface area contributed by atoms with E-state index in [1.165, 1.54) is 24.9 Å². The molecule has 3 nitrogen and oxygen atoms in total. The van der Waals surface area contributed by atoms with E-state index in [0.29, 0.717) is 6.04 Å². The number of fused-ring (bicyclic) bond motifs is 2. The number of nitriles is 1. The molecule has 3 heteroatoms. The Morgan fingerprint density at radius 1 is 1.22 bits per heavy atom. The van der Waals surface area contributed by atoms with E-state index in [1.54, 1.807) is 0 Å². The molecule has 2 fully saturated rings. The van der Waals surface area contributed by atoms with Gasteiger partial charge >= 0.3 is 0 Å². The van der Waals surface area contributed by atoms with Crippen LogP contribution in [0, 0.1) is 11.3 Å². The molecule has 2 bridgehead atoms. The van der Waals surface area contributed by atoms with E-state index in [-0.39, 0.29) is 6.04 Å². The zero-order valence-corrected chi connectivity index (χ0v) is 10.6. The van der Waals surface area contributed by atoms with Crippen LogP contribution in [-0.2, 0) is 6.54 Å². The number of benzene rings is 1. The van der Waals surface area contributed by atoms with Gasteiger partial charge in [-0.2, -0.15) is 5.26 Å². The molecule has 0 N–H and O–H groups in total. The van der Waals surface area contributed by atoms with Gasteiger partial charge in [0, 0.05) is 25.7 Å². The summed E-state index contributed by atoms with van der Waals surface area (Å²) in [7, 11) is 0. The van der Waals surface area contributed by atoms with Crippen LogP contribution >= 0.6 is 0 Å². The van der Waals surface area contributed by atoms with Crippen molar-refractivity contribution in [1.82, 2.24) is 9.80 Å². The molecule has 94 valence electrons. The molecule has 18 heavy (non-hydrogen) atoms. The molecule has 1 aromatic rings. The van der Waals surface area contributed by atoms with Crippen LogP contribution in [0.25, 0.3) is 0 Å². The Labute approximate surface area is 109 Å². The average molecular weight is 241 g/mol. The molecule has 0 aliphatic carbocycles. The number of rotatable bonds is 2. The summed E-state index contributed by atoms with van der Waals surface area (Å²) >= 11 is 0. The van der Waals surface area contributed by atoms with Gasteiger partial charge in [0.15, 0.2) is 0 Å². The highest BCUT2D eigenvalue weighted by Gasteiger charge is 2.36. The van der Waals surface area contributed by atoms with Crippen LogP contribution in [0.15, 0.2) is 30.3 Å². The van der Waals surface area contributed by atoms with Crippen LogP contribution in [0.2, 0.25) is 0 Å². The van der Waals surface area contributed by atoms with Crippen molar-refractivity contribution in [3.63, 3.8) is 0 Å². The van der Waals surface area contributed by atoms with Crippen molar-refractivity contribution in [1.29, 1.82) is 5.26 Å². The molecule has 0 amide bonds. The Balaban J connectivity index is 1.78. The minimum atomic E-state index is 0.0595. The van der Waals surface area contributed by atoms with E-state index in [0.717, 1.165) is 19.6 Å². The lowest BCUT2D eigenvalue weighted by atomic mass is 9.96. The van der Waals surface area contributed by atoms with Gasteiger partial charge in [0.05, 0.1) is 6.07 Å². The molecule has 0 spiro atoms. The van der Waals surface area contributed by atoms with Crippen LogP contribution in [0.1, 0.15) is 18.4 Å². The van der Waals surface area contributed by atoms with Crippen LogP contribution in [-0.4, -0.2) is 41.5 Å². The maximum Gasteiger partial charge on any atom is 0.111 e. The topological polar surface area (TPSA) is 30.3 Å². The second kappa shape index (κ2) is 5.09. The van der Waals surface area contributed by atoms with Gasteiger partial charge in [-0.1, -0.05) is 30.3 Å². The summed E-state index contributed by atoms with van der Waals surface area (Å²) in [5.41, 5.74) is 1.32. The molecular weight excluding hydrogens is 222 g/mol. The highest BCUT2D eigenvalue weighted by atomic mass is 15.3. The molecule has 0 saturated carbocycles. The van der Waals surface area contributed by atoms with Crippen LogP contribution in [0.3, 0.4) is 0 Å². The first-order valence-electron chi connectivity index (χ1n) is 6.78. The molecule has 1 aromatic carbocycles. The standard InChI is InChI=1S/C15H19N3/c16-9-15-12-17-8-4-7-14(11-17)18(15)10-13-5-2-1-3-6-13/h1-3,5-6,14-15H,4,7-8,10-12H2. The van der Waals surface area contributed by atoms with Crippen molar-refractivity contribution in [3.8, 4) is 6.07 Å². The Morgan fingerprint density at radius 3 is 2.83 bits per heavy atom. The fraction of sp³-hybridized carbons (Fsp3) is 0.533. The van der Waals surface area contributed by atoms with E-state index >= 15 is 0 Å². The first-order valence-corrected chi connectivity index (χ1v) is 6.78. The molecule has 0 radical (unpaired) electrons. The van der Waals surface area contributed by atoms with Gasteiger partial charge in [-0.3, -0.25) is 9.80 Å². The SMILES string of the molecule is N#CC1CN2CCCC(C2)N1Cc1ccccc1. The summed E-state index contributed by atoms with van der Waals surface area (Å²) in [5.74, 6) is 0.